The quantitative estimate of drug-likeness (QED) is 0.767. The van der Waals surface area contributed by atoms with E-state index in [-0.39, 0.29) is 5.97 Å². The zero-order valence-electron chi connectivity index (χ0n) is 13.7. The average molecular weight is 301 g/mol. The Morgan fingerprint density at radius 2 is 1.95 bits per heavy atom. The van der Waals surface area contributed by atoms with Gasteiger partial charge >= 0.3 is 5.97 Å². The van der Waals surface area contributed by atoms with Crippen molar-refractivity contribution in [2.75, 3.05) is 45.7 Å². The monoisotopic (exact) mass is 301 g/mol. The molecule has 0 spiro atoms. The Hall–Kier alpha value is -2.14. The molecule has 0 aliphatic carbocycles. The molecule has 2 rings (SSSR count). The number of nitrogens with zero attached hydrogens (tertiary/aromatic N) is 3. The maximum atomic E-state index is 11.7. The highest BCUT2D eigenvalue weighted by atomic mass is 16.5. The van der Waals surface area contributed by atoms with Crippen molar-refractivity contribution in [3.63, 3.8) is 0 Å². The number of hydrogen-bond donors (Lipinski definition) is 0. The van der Waals surface area contributed by atoms with Gasteiger partial charge < -0.3 is 14.5 Å². The predicted octanol–water partition coefficient (Wildman–Crippen LogP) is 2.41. The van der Waals surface area contributed by atoms with Crippen molar-refractivity contribution in [2.45, 2.75) is 6.92 Å². The number of anilines is 1. The molecule has 1 aromatic carbocycles. The normalized spacial score (nSPS) is 11.0. The molecular formula is C17H23N3O2. The fraction of sp³-hybridized carbons (Fsp3) is 0.412. The van der Waals surface area contributed by atoms with Crippen LogP contribution in [0, 0.1) is 0 Å². The molecule has 0 unspecified atom stereocenters. The van der Waals surface area contributed by atoms with Crippen LogP contribution in [0.4, 0.5) is 5.69 Å². The number of ether oxygens (including phenoxy) is 1. The maximum absolute atomic E-state index is 11.7. The first-order valence-corrected chi connectivity index (χ1v) is 7.44. The summed E-state index contributed by atoms with van der Waals surface area (Å²) >= 11 is 0. The largest absolute Gasteiger partial charge is 0.462 e. The zero-order chi connectivity index (χ0) is 16.1. The van der Waals surface area contributed by atoms with Crippen LogP contribution in [-0.4, -0.2) is 56.7 Å². The first-order chi connectivity index (χ1) is 10.5. The van der Waals surface area contributed by atoms with E-state index in [1.165, 1.54) is 0 Å². The Morgan fingerprint density at radius 3 is 2.64 bits per heavy atom. The van der Waals surface area contributed by atoms with Gasteiger partial charge in [-0.05, 0) is 39.2 Å². The van der Waals surface area contributed by atoms with Crippen LogP contribution in [0.5, 0.6) is 0 Å². The Bertz CT molecular complexity index is 655. The minimum absolute atomic E-state index is 0.330. The second-order valence-corrected chi connectivity index (χ2v) is 5.55. The van der Waals surface area contributed by atoms with Crippen molar-refractivity contribution < 1.29 is 9.53 Å². The third kappa shape index (κ3) is 3.95. The minimum Gasteiger partial charge on any atom is -0.462 e. The van der Waals surface area contributed by atoms with Gasteiger partial charge in [-0.15, -0.1) is 0 Å². The van der Waals surface area contributed by atoms with Gasteiger partial charge in [0.25, 0.3) is 0 Å². The predicted molar refractivity (Wildman–Crippen MR) is 89.5 cm³/mol. The fourth-order valence-corrected chi connectivity index (χ4v) is 2.15. The molecule has 1 aromatic heterocycles. The number of pyridine rings is 1. The van der Waals surface area contributed by atoms with Gasteiger partial charge in [-0.3, -0.25) is 4.98 Å². The van der Waals surface area contributed by atoms with E-state index in [9.17, 15) is 4.79 Å². The zero-order valence-corrected chi connectivity index (χ0v) is 13.7. The molecule has 0 fully saturated rings. The molecule has 0 bridgehead atoms. The second-order valence-electron chi connectivity index (χ2n) is 5.55. The van der Waals surface area contributed by atoms with Gasteiger partial charge in [0, 0.05) is 37.4 Å². The van der Waals surface area contributed by atoms with Crippen LogP contribution in [0.15, 0.2) is 30.5 Å². The van der Waals surface area contributed by atoms with Crippen LogP contribution in [-0.2, 0) is 4.74 Å². The molecule has 2 aromatic rings. The number of likely N-dealkylation sites (N-methyl/N-ethyl adjacent to an activating group) is 2. The number of fused-ring (bicyclic) bond motifs is 1. The van der Waals surface area contributed by atoms with Gasteiger partial charge in [-0.1, -0.05) is 6.07 Å². The number of benzene rings is 1. The molecular weight excluding hydrogens is 278 g/mol. The van der Waals surface area contributed by atoms with E-state index in [4.69, 9.17) is 4.74 Å². The lowest BCUT2D eigenvalue weighted by atomic mass is 10.1. The molecule has 0 radical (unpaired) electrons. The van der Waals surface area contributed by atoms with Gasteiger partial charge in [-0.2, -0.15) is 0 Å². The highest BCUT2D eigenvalue weighted by Gasteiger charge is 2.09. The fourth-order valence-electron chi connectivity index (χ4n) is 2.15. The smallest absolute Gasteiger partial charge is 0.339 e. The lowest BCUT2D eigenvalue weighted by Crippen LogP contribution is -2.28. The van der Waals surface area contributed by atoms with E-state index in [1.807, 2.05) is 18.2 Å². The lowest BCUT2D eigenvalue weighted by molar-refractivity contribution is 0.0526. The second kappa shape index (κ2) is 7.22. The van der Waals surface area contributed by atoms with Crippen molar-refractivity contribution >= 4 is 22.6 Å². The summed E-state index contributed by atoms with van der Waals surface area (Å²) in [5, 5.41) is 0.940. The van der Waals surface area contributed by atoms with Crippen molar-refractivity contribution in [2.24, 2.45) is 0 Å². The number of hydrogen-bond acceptors (Lipinski definition) is 5. The first-order valence-electron chi connectivity index (χ1n) is 7.44. The lowest BCUT2D eigenvalue weighted by Gasteiger charge is -2.21. The summed E-state index contributed by atoms with van der Waals surface area (Å²) in [6, 6.07) is 7.91. The van der Waals surface area contributed by atoms with E-state index in [0.717, 1.165) is 29.7 Å². The van der Waals surface area contributed by atoms with Gasteiger partial charge in [-0.25, -0.2) is 4.79 Å². The number of aromatic nitrogens is 1. The number of rotatable bonds is 6. The molecule has 0 aliphatic heterocycles. The summed E-state index contributed by atoms with van der Waals surface area (Å²) in [6.07, 6.45) is 1.57. The third-order valence-corrected chi connectivity index (χ3v) is 3.50. The van der Waals surface area contributed by atoms with Gasteiger partial charge in [0.2, 0.25) is 0 Å². The Kier molecular flexibility index (Phi) is 5.33. The third-order valence-electron chi connectivity index (χ3n) is 3.50. The highest BCUT2D eigenvalue weighted by Crippen LogP contribution is 2.21. The van der Waals surface area contributed by atoms with Crippen molar-refractivity contribution in [1.29, 1.82) is 0 Å². The molecule has 1 heterocycles. The minimum atomic E-state index is -0.330. The molecule has 0 saturated carbocycles. The number of carbonyl (C=O) groups is 1. The molecule has 118 valence electrons. The summed E-state index contributed by atoms with van der Waals surface area (Å²) < 4.78 is 5.00. The molecule has 22 heavy (non-hydrogen) atoms. The Balaban J connectivity index is 2.21. The number of carbonyl (C=O) groups excluding carboxylic acids is 1. The van der Waals surface area contributed by atoms with Crippen molar-refractivity contribution in [1.82, 2.24) is 9.88 Å². The molecule has 0 atom stereocenters. The molecule has 0 N–H and O–H groups in total. The highest BCUT2D eigenvalue weighted by molar-refractivity contribution is 5.94. The first kappa shape index (κ1) is 16.2. The maximum Gasteiger partial charge on any atom is 0.339 e. The van der Waals surface area contributed by atoms with E-state index in [0.29, 0.717) is 12.2 Å². The summed E-state index contributed by atoms with van der Waals surface area (Å²) in [5.74, 6) is -0.330. The van der Waals surface area contributed by atoms with E-state index in [1.54, 1.807) is 13.1 Å². The van der Waals surface area contributed by atoms with Crippen LogP contribution in [0.3, 0.4) is 0 Å². The summed E-state index contributed by atoms with van der Waals surface area (Å²) in [7, 11) is 6.19. The SMILES string of the molecule is CCOC(=O)c1cnc2cc(N(C)CCN(C)C)ccc2c1. The average Bonchev–Trinajstić information content (AvgIpc) is 2.51. The van der Waals surface area contributed by atoms with Gasteiger partial charge in [0.1, 0.15) is 0 Å². The topological polar surface area (TPSA) is 45.7 Å². The van der Waals surface area contributed by atoms with E-state index in [2.05, 4.69) is 42.0 Å². The number of esters is 1. The standard InChI is InChI=1S/C17H23N3O2/c1-5-22-17(21)14-10-13-6-7-15(11-16(13)18-12-14)20(4)9-8-19(2)3/h6-7,10-12H,5,8-9H2,1-4H3. The summed E-state index contributed by atoms with van der Waals surface area (Å²) in [4.78, 5) is 20.5. The van der Waals surface area contributed by atoms with Gasteiger partial charge in [0.15, 0.2) is 0 Å². The van der Waals surface area contributed by atoms with Crippen LogP contribution >= 0.6 is 0 Å². The Labute approximate surface area is 131 Å². The van der Waals surface area contributed by atoms with Crippen LogP contribution in [0.1, 0.15) is 17.3 Å². The van der Waals surface area contributed by atoms with E-state index >= 15 is 0 Å². The van der Waals surface area contributed by atoms with Crippen molar-refractivity contribution in [3.8, 4) is 0 Å². The van der Waals surface area contributed by atoms with Crippen LogP contribution in [0.25, 0.3) is 10.9 Å². The van der Waals surface area contributed by atoms with Gasteiger partial charge in [0.05, 0.1) is 17.7 Å². The molecule has 0 amide bonds. The van der Waals surface area contributed by atoms with Crippen molar-refractivity contribution in [3.05, 3.63) is 36.0 Å². The van der Waals surface area contributed by atoms with Crippen LogP contribution < -0.4 is 4.90 Å². The van der Waals surface area contributed by atoms with Crippen LogP contribution in [0.2, 0.25) is 0 Å². The summed E-state index contributed by atoms with van der Waals surface area (Å²) in [5.41, 5.74) is 2.48. The van der Waals surface area contributed by atoms with E-state index < -0.39 is 0 Å². The molecule has 0 aliphatic rings. The Morgan fingerprint density at radius 1 is 1.18 bits per heavy atom. The molecule has 5 nitrogen and oxygen atoms in total. The summed E-state index contributed by atoms with van der Waals surface area (Å²) in [6.45, 7) is 4.10. The molecule has 5 heteroatoms. The molecule has 0 saturated heterocycles.